The highest BCUT2D eigenvalue weighted by atomic mass is 16.7. The molecule has 2 rings (SSSR count). The molecule has 1 aromatic heterocycles. The molecule has 1 aliphatic heterocycles. The van der Waals surface area contributed by atoms with E-state index in [9.17, 15) is 9.59 Å². The third-order valence-electron chi connectivity index (χ3n) is 4.09. The van der Waals surface area contributed by atoms with Crippen LogP contribution >= 0.6 is 0 Å². The molecule has 1 saturated heterocycles. The average molecular weight is 364 g/mol. The Labute approximate surface area is 154 Å². The van der Waals surface area contributed by atoms with Gasteiger partial charge in [0.15, 0.2) is 6.29 Å². The molecule has 1 fully saturated rings. The summed E-state index contributed by atoms with van der Waals surface area (Å²) in [7, 11) is 1.30. The largest absolute Gasteiger partial charge is 0.467 e. The summed E-state index contributed by atoms with van der Waals surface area (Å²) in [6.45, 7) is 6.07. The molecule has 144 valence electrons. The van der Waals surface area contributed by atoms with E-state index >= 15 is 0 Å². The fourth-order valence-corrected chi connectivity index (χ4v) is 2.48. The Morgan fingerprint density at radius 2 is 2.12 bits per heavy atom. The second kappa shape index (κ2) is 8.98. The van der Waals surface area contributed by atoms with Gasteiger partial charge in [0.1, 0.15) is 11.8 Å². The van der Waals surface area contributed by atoms with Gasteiger partial charge in [0.25, 0.3) is 0 Å². The zero-order chi connectivity index (χ0) is 19.2. The standard InChI is InChI=1S/C19H28N2O5/c1-19(2,3)18(23)21-15(17(22)24-4)11-13-8-9-14(12-20-13)26-16-7-5-6-10-25-16/h8-9,12,15-16H,5-7,10-11H2,1-4H3,(H,21,23). The van der Waals surface area contributed by atoms with Crippen LogP contribution in [0.2, 0.25) is 0 Å². The van der Waals surface area contributed by atoms with Crippen LogP contribution in [0.3, 0.4) is 0 Å². The van der Waals surface area contributed by atoms with E-state index in [0.717, 1.165) is 19.3 Å². The van der Waals surface area contributed by atoms with Crippen LogP contribution in [0.15, 0.2) is 18.3 Å². The normalized spacial score (nSPS) is 18.7. The maximum Gasteiger partial charge on any atom is 0.328 e. The summed E-state index contributed by atoms with van der Waals surface area (Å²) in [4.78, 5) is 28.5. The van der Waals surface area contributed by atoms with Gasteiger partial charge < -0.3 is 19.5 Å². The lowest BCUT2D eigenvalue weighted by molar-refractivity contribution is -0.146. The molecule has 2 heterocycles. The van der Waals surface area contributed by atoms with Gasteiger partial charge in [-0.05, 0) is 25.0 Å². The lowest BCUT2D eigenvalue weighted by Gasteiger charge is -2.24. The quantitative estimate of drug-likeness (QED) is 0.779. The molecule has 0 aromatic carbocycles. The lowest BCUT2D eigenvalue weighted by atomic mass is 9.95. The van der Waals surface area contributed by atoms with Crippen molar-refractivity contribution < 1.29 is 23.8 Å². The zero-order valence-electron chi connectivity index (χ0n) is 15.9. The number of pyridine rings is 1. The van der Waals surface area contributed by atoms with E-state index in [0.29, 0.717) is 18.1 Å². The lowest BCUT2D eigenvalue weighted by Crippen LogP contribution is -2.47. The first-order valence-corrected chi connectivity index (χ1v) is 8.91. The molecule has 0 aliphatic carbocycles. The number of nitrogens with zero attached hydrogens (tertiary/aromatic N) is 1. The van der Waals surface area contributed by atoms with Crippen molar-refractivity contribution in [1.82, 2.24) is 10.3 Å². The minimum Gasteiger partial charge on any atom is -0.467 e. The van der Waals surface area contributed by atoms with Gasteiger partial charge in [-0.25, -0.2) is 4.79 Å². The van der Waals surface area contributed by atoms with E-state index in [1.54, 1.807) is 39.1 Å². The highest BCUT2D eigenvalue weighted by Crippen LogP contribution is 2.19. The average Bonchev–Trinajstić information content (AvgIpc) is 2.62. The molecule has 1 aromatic rings. The third-order valence-corrected chi connectivity index (χ3v) is 4.09. The Kier molecular flexibility index (Phi) is 6.97. The number of carbonyl (C=O) groups is 2. The summed E-state index contributed by atoms with van der Waals surface area (Å²) in [5.74, 6) is -0.100. The number of nitrogens with one attached hydrogen (secondary N) is 1. The van der Waals surface area contributed by atoms with E-state index < -0.39 is 17.4 Å². The van der Waals surface area contributed by atoms with Crippen LogP contribution in [-0.4, -0.2) is 42.9 Å². The molecular formula is C19H28N2O5. The SMILES string of the molecule is COC(=O)C(Cc1ccc(OC2CCCCO2)cn1)NC(=O)C(C)(C)C. The van der Waals surface area contributed by atoms with E-state index in [4.69, 9.17) is 14.2 Å². The van der Waals surface area contributed by atoms with Crippen molar-refractivity contribution in [3.05, 3.63) is 24.0 Å². The maximum atomic E-state index is 12.2. The van der Waals surface area contributed by atoms with Gasteiger partial charge in [-0.15, -0.1) is 0 Å². The van der Waals surface area contributed by atoms with E-state index in [2.05, 4.69) is 10.3 Å². The fraction of sp³-hybridized carbons (Fsp3) is 0.632. The van der Waals surface area contributed by atoms with Gasteiger partial charge in [-0.2, -0.15) is 0 Å². The van der Waals surface area contributed by atoms with Gasteiger partial charge in [0.2, 0.25) is 5.91 Å². The minimum atomic E-state index is -0.785. The van der Waals surface area contributed by atoms with Crippen LogP contribution in [0, 0.1) is 5.41 Å². The predicted octanol–water partition coefficient (Wildman–Crippen LogP) is 2.23. The van der Waals surface area contributed by atoms with Gasteiger partial charge in [-0.1, -0.05) is 20.8 Å². The molecule has 2 atom stereocenters. The van der Waals surface area contributed by atoms with Crippen LogP contribution in [0.5, 0.6) is 5.75 Å². The number of hydrogen-bond acceptors (Lipinski definition) is 6. The van der Waals surface area contributed by atoms with Crippen molar-refractivity contribution in [2.24, 2.45) is 5.41 Å². The zero-order valence-corrected chi connectivity index (χ0v) is 15.9. The van der Waals surface area contributed by atoms with Gasteiger partial charge in [0.05, 0.1) is 19.9 Å². The number of carbonyl (C=O) groups excluding carboxylic acids is 2. The Hall–Kier alpha value is -2.15. The van der Waals surface area contributed by atoms with Crippen LogP contribution in [0.4, 0.5) is 0 Å². The molecule has 26 heavy (non-hydrogen) atoms. The number of aromatic nitrogens is 1. The topological polar surface area (TPSA) is 86.8 Å². The first-order chi connectivity index (χ1) is 12.3. The number of amides is 1. The van der Waals surface area contributed by atoms with E-state index in [-0.39, 0.29) is 18.6 Å². The first kappa shape index (κ1) is 20.2. The molecule has 1 amide bonds. The molecule has 0 bridgehead atoms. The van der Waals surface area contributed by atoms with E-state index in [1.807, 2.05) is 0 Å². The highest BCUT2D eigenvalue weighted by Gasteiger charge is 2.28. The van der Waals surface area contributed by atoms with Crippen molar-refractivity contribution in [3.8, 4) is 5.75 Å². The number of esters is 1. The molecule has 7 nitrogen and oxygen atoms in total. The van der Waals surface area contributed by atoms with Gasteiger partial charge >= 0.3 is 5.97 Å². The second-order valence-electron chi connectivity index (χ2n) is 7.40. The fourth-order valence-electron chi connectivity index (χ4n) is 2.48. The smallest absolute Gasteiger partial charge is 0.328 e. The van der Waals surface area contributed by atoms with Crippen LogP contribution in [-0.2, 0) is 25.5 Å². The Balaban J connectivity index is 1.98. The second-order valence-corrected chi connectivity index (χ2v) is 7.40. The van der Waals surface area contributed by atoms with Gasteiger partial charge in [0, 0.05) is 24.0 Å². The summed E-state index contributed by atoms with van der Waals surface area (Å²) in [6.07, 6.45) is 4.63. The van der Waals surface area contributed by atoms with Crippen molar-refractivity contribution in [2.45, 2.75) is 58.8 Å². The van der Waals surface area contributed by atoms with Crippen molar-refractivity contribution in [3.63, 3.8) is 0 Å². The van der Waals surface area contributed by atoms with E-state index in [1.165, 1.54) is 7.11 Å². The minimum absolute atomic E-state index is 0.220. The van der Waals surface area contributed by atoms with Crippen molar-refractivity contribution in [1.29, 1.82) is 0 Å². The molecule has 1 aliphatic rings. The number of rotatable bonds is 6. The summed E-state index contributed by atoms with van der Waals surface area (Å²) in [5.41, 5.74) is 0.0590. The Bertz CT molecular complexity index is 603. The van der Waals surface area contributed by atoms with Crippen molar-refractivity contribution >= 4 is 11.9 Å². The highest BCUT2D eigenvalue weighted by molar-refractivity contribution is 5.87. The maximum absolute atomic E-state index is 12.2. The number of methoxy groups -OCH3 is 1. The summed E-state index contributed by atoms with van der Waals surface area (Å²) >= 11 is 0. The molecule has 7 heteroatoms. The summed E-state index contributed by atoms with van der Waals surface area (Å²) in [6, 6.07) is 2.78. The van der Waals surface area contributed by atoms with Crippen LogP contribution in [0.25, 0.3) is 0 Å². The third kappa shape index (κ3) is 5.98. The molecule has 2 unspecified atom stereocenters. The van der Waals surface area contributed by atoms with Gasteiger partial charge in [-0.3, -0.25) is 9.78 Å². The Morgan fingerprint density at radius 3 is 2.65 bits per heavy atom. The van der Waals surface area contributed by atoms with Crippen LogP contribution in [0.1, 0.15) is 45.7 Å². The molecule has 0 saturated carbocycles. The Morgan fingerprint density at radius 1 is 1.35 bits per heavy atom. The molecular weight excluding hydrogens is 336 g/mol. The predicted molar refractivity (Wildman–Crippen MR) is 95.6 cm³/mol. The first-order valence-electron chi connectivity index (χ1n) is 8.91. The molecule has 0 radical (unpaired) electrons. The van der Waals surface area contributed by atoms with Crippen LogP contribution < -0.4 is 10.1 Å². The monoisotopic (exact) mass is 364 g/mol. The molecule has 1 N–H and O–H groups in total. The number of ether oxygens (including phenoxy) is 3. The summed E-state index contributed by atoms with van der Waals surface area (Å²) in [5, 5.41) is 2.73. The molecule has 0 spiro atoms. The number of hydrogen-bond donors (Lipinski definition) is 1. The van der Waals surface area contributed by atoms with Crippen molar-refractivity contribution in [2.75, 3.05) is 13.7 Å². The summed E-state index contributed by atoms with van der Waals surface area (Å²) < 4.78 is 16.1.